The summed E-state index contributed by atoms with van der Waals surface area (Å²) in [6.45, 7) is 9.54. The molecule has 1 aromatic rings. The van der Waals surface area contributed by atoms with E-state index in [-0.39, 0.29) is 0 Å². The number of anilines is 1. The van der Waals surface area contributed by atoms with Crippen LogP contribution in [0.2, 0.25) is 0 Å². The molecule has 3 heteroatoms. The maximum atomic E-state index is 5.76. The van der Waals surface area contributed by atoms with Gasteiger partial charge in [-0.3, -0.25) is 0 Å². The zero-order valence-corrected chi connectivity index (χ0v) is 11.3. The molecule has 2 nitrogen and oxygen atoms in total. The highest BCUT2D eigenvalue weighted by Gasteiger charge is 2.14. The van der Waals surface area contributed by atoms with Crippen molar-refractivity contribution in [2.45, 2.75) is 33.7 Å². The molecule has 0 fully saturated rings. The topological polar surface area (TPSA) is 29.3 Å². The second kappa shape index (κ2) is 5.30. The number of benzene rings is 1. The highest BCUT2D eigenvalue weighted by Crippen LogP contribution is 2.24. The van der Waals surface area contributed by atoms with E-state index in [4.69, 9.17) is 18.0 Å². The van der Waals surface area contributed by atoms with Gasteiger partial charge in [0.25, 0.3) is 0 Å². The smallest absolute Gasteiger partial charge is 0.106 e. The van der Waals surface area contributed by atoms with Crippen LogP contribution in [0.15, 0.2) is 18.2 Å². The summed E-state index contributed by atoms with van der Waals surface area (Å²) >= 11 is 5.10. The Morgan fingerprint density at radius 3 is 2.50 bits per heavy atom. The Labute approximate surface area is 103 Å². The fraction of sp³-hybridized carbons (Fsp3) is 0.462. The van der Waals surface area contributed by atoms with Gasteiger partial charge in [0.15, 0.2) is 0 Å². The highest BCUT2D eigenvalue weighted by atomic mass is 32.1. The number of thiocarbonyl (C=S) groups is 1. The normalized spacial score (nSPS) is 10.6. The molecule has 0 unspecified atom stereocenters. The molecule has 0 saturated carbocycles. The van der Waals surface area contributed by atoms with Crippen LogP contribution in [0.1, 0.15) is 31.9 Å². The van der Waals surface area contributed by atoms with Crippen molar-refractivity contribution < 1.29 is 0 Å². The lowest BCUT2D eigenvalue weighted by molar-refractivity contribution is 0.703. The van der Waals surface area contributed by atoms with Crippen molar-refractivity contribution >= 4 is 22.9 Å². The largest absolute Gasteiger partial charge is 0.389 e. The summed E-state index contributed by atoms with van der Waals surface area (Å²) in [6, 6.07) is 6.65. The van der Waals surface area contributed by atoms with Gasteiger partial charge in [0.2, 0.25) is 0 Å². The molecular weight excluding hydrogens is 216 g/mol. The Balaban J connectivity index is 3.27. The quantitative estimate of drug-likeness (QED) is 0.815. The van der Waals surface area contributed by atoms with Gasteiger partial charge in [-0.25, -0.2) is 0 Å². The molecule has 0 aliphatic carbocycles. The Hall–Kier alpha value is -1.09. The maximum Gasteiger partial charge on any atom is 0.106 e. The SMILES string of the molecule is CCN(c1cc(C)ccc1C(N)=S)C(C)C. The zero-order chi connectivity index (χ0) is 12.3. The van der Waals surface area contributed by atoms with Crippen LogP contribution >= 0.6 is 12.2 Å². The molecule has 0 spiro atoms. The highest BCUT2D eigenvalue weighted by molar-refractivity contribution is 7.80. The molecular formula is C13H20N2S. The van der Waals surface area contributed by atoms with Crippen molar-refractivity contribution in [2.75, 3.05) is 11.4 Å². The van der Waals surface area contributed by atoms with Crippen LogP contribution in [0.4, 0.5) is 5.69 Å². The van der Waals surface area contributed by atoms with E-state index in [0.717, 1.165) is 17.8 Å². The van der Waals surface area contributed by atoms with E-state index in [0.29, 0.717) is 11.0 Å². The first-order chi connectivity index (χ1) is 7.47. The molecule has 0 heterocycles. The fourth-order valence-corrected chi connectivity index (χ4v) is 2.07. The van der Waals surface area contributed by atoms with Gasteiger partial charge in [0, 0.05) is 23.8 Å². The first-order valence-electron chi connectivity index (χ1n) is 5.64. The summed E-state index contributed by atoms with van der Waals surface area (Å²) in [5.74, 6) is 0. The minimum atomic E-state index is 0.444. The first kappa shape index (κ1) is 13.0. The fourth-order valence-electron chi connectivity index (χ4n) is 1.90. The number of aryl methyl sites for hydroxylation is 1. The lowest BCUT2D eigenvalue weighted by Gasteiger charge is -2.29. The average molecular weight is 236 g/mol. The molecule has 0 saturated heterocycles. The monoisotopic (exact) mass is 236 g/mol. The Kier molecular flexibility index (Phi) is 4.30. The molecule has 1 aromatic carbocycles. The average Bonchev–Trinajstić information content (AvgIpc) is 2.17. The number of nitrogens with two attached hydrogens (primary N) is 1. The van der Waals surface area contributed by atoms with Gasteiger partial charge in [-0.05, 0) is 45.4 Å². The van der Waals surface area contributed by atoms with Crippen LogP contribution in [-0.4, -0.2) is 17.6 Å². The zero-order valence-electron chi connectivity index (χ0n) is 10.4. The number of hydrogen-bond acceptors (Lipinski definition) is 2. The van der Waals surface area contributed by atoms with Crippen molar-refractivity contribution in [3.05, 3.63) is 29.3 Å². The summed E-state index contributed by atoms with van der Waals surface area (Å²) in [6.07, 6.45) is 0. The number of hydrogen-bond donors (Lipinski definition) is 1. The van der Waals surface area contributed by atoms with E-state index in [9.17, 15) is 0 Å². The third-order valence-corrected chi connectivity index (χ3v) is 2.91. The molecule has 0 aliphatic heterocycles. The van der Waals surface area contributed by atoms with Gasteiger partial charge in [-0.1, -0.05) is 18.3 Å². The Morgan fingerprint density at radius 2 is 2.06 bits per heavy atom. The second-order valence-electron chi connectivity index (χ2n) is 4.26. The van der Waals surface area contributed by atoms with Gasteiger partial charge in [0.1, 0.15) is 4.99 Å². The lowest BCUT2D eigenvalue weighted by Crippen LogP contribution is -2.32. The summed E-state index contributed by atoms with van der Waals surface area (Å²) in [5, 5.41) is 0. The van der Waals surface area contributed by atoms with Crippen LogP contribution < -0.4 is 10.6 Å². The standard InChI is InChI=1S/C13H20N2S/c1-5-15(9(2)3)12-8-10(4)6-7-11(12)13(14)16/h6-9H,5H2,1-4H3,(H2,14,16). The summed E-state index contributed by atoms with van der Waals surface area (Å²) in [7, 11) is 0. The van der Waals surface area contributed by atoms with Gasteiger partial charge in [0.05, 0.1) is 0 Å². The van der Waals surface area contributed by atoms with Gasteiger partial charge < -0.3 is 10.6 Å². The van der Waals surface area contributed by atoms with E-state index < -0.39 is 0 Å². The van der Waals surface area contributed by atoms with Crippen LogP contribution in [-0.2, 0) is 0 Å². The summed E-state index contributed by atoms with van der Waals surface area (Å²) < 4.78 is 0. The Bertz CT molecular complexity index is 386. The molecule has 88 valence electrons. The molecule has 16 heavy (non-hydrogen) atoms. The number of nitrogens with zero attached hydrogens (tertiary/aromatic N) is 1. The van der Waals surface area contributed by atoms with Crippen LogP contribution in [0, 0.1) is 6.92 Å². The van der Waals surface area contributed by atoms with E-state index in [1.54, 1.807) is 0 Å². The lowest BCUT2D eigenvalue weighted by atomic mass is 10.1. The van der Waals surface area contributed by atoms with Crippen LogP contribution in [0.25, 0.3) is 0 Å². The first-order valence-corrected chi connectivity index (χ1v) is 6.05. The third-order valence-electron chi connectivity index (χ3n) is 2.69. The maximum absolute atomic E-state index is 5.76. The van der Waals surface area contributed by atoms with Crippen LogP contribution in [0.5, 0.6) is 0 Å². The molecule has 0 aromatic heterocycles. The van der Waals surface area contributed by atoms with E-state index in [1.807, 2.05) is 12.1 Å². The van der Waals surface area contributed by atoms with Crippen molar-refractivity contribution in [3.8, 4) is 0 Å². The molecule has 0 atom stereocenters. The molecule has 0 radical (unpaired) electrons. The molecule has 0 amide bonds. The van der Waals surface area contributed by atoms with E-state index in [1.165, 1.54) is 5.56 Å². The van der Waals surface area contributed by atoms with Gasteiger partial charge >= 0.3 is 0 Å². The van der Waals surface area contributed by atoms with Crippen molar-refractivity contribution in [1.82, 2.24) is 0 Å². The van der Waals surface area contributed by atoms with Crippen molar-refractivity contribution in [3.63, 3.8) is 0 Å². The van der Waals surface area contributed by atoms with Gasteiger partial charge in [-0.2, -0.15) is 0 Å². The van der Waals surface area contributed by atoms with Crippen molar-refractivity contribution in [2.24, 2.45) is 5.73 Å². The molecule has 1 rings (SSSR count). The second-order valence-corrected chi connectivity index (χ2v) is 4.70. The van der Waals surface area contributed by atoms with Crippen molar-refractivity contribution in [1.29, 1.82) is 0 Å². The van der Waals surface area contributed by atoms with Gasteiger partial charge in [-0.15, -0.1) is 0 Å². The predicted octanol–water partition coefficient (Wildman–Crippen LogP) is 2.86. The molecule has 0 aliphatic rings. The molecule has 2 N–H and O–H groups in total. The predicted molar refractivity (Wildman–Crippen MR) is 75.2 cm³/mol. The molecule has 0 bridgehead atoms. The minimum absolute atomic E-state index is 0.444. The minimum Gasteiger partial charge on any atom is -0.389 e. The summed E-state index contributed by atoms with van der Waals surface area (Å²) in [5.41, 5.74) is 9.10. The van der Waals surface area contributed by atoms with Crippen LogP contribution in [0.3, 0.4) is 0 Å². The summed E-state index contributed by atoms with van der Waals surface area (Å²) in [4.78, 5) is 2.77. The third kappa shape index (κ3) is 2.73. The van der Waals surface area contributed by atoms with E-state index in [2.05, 4.69) is 38.7 Å². The number of rotatable bonds is 4. The van der Waals surface area contributed by atoms with E-state index >= 15 is 0 Å². The Morgan fingerprint density at radius 1 is 1.44 bits per heavy atom.